The Balaban J connectivity index is 1.39. The number of aromatic nitrogens is 3. The summed E-state index contributed by atoms with van der Waals surface area (Å²) >= 11 is 0. The monoisotopic (exact) mass is 350 g/mol. The summed E-state index contributed by atoms with van der Waals surface area (Å²) < 4.78 is 39.2. The summed E-state index contributed by atoms with van der Waals surface area (Å²) in [6.45, 7) is 1.84. The van der Waals surface area contributed by atoms with Crippen LogP contribution < -0.4 is 10.5 Å². The Labute approximate surface area is 142 Å². The SMILES string of the molecule is O=c1cc2c(nn1CC1CN(c3ccc(C(F)(F)F)cn3)C1)CCC2. The molecule has 0 bridgehead atoms. The van der Waals surface area contributed by atoms with Crippen LogP contribution in [0.2, 0.25) is 0 Å². The molecule has 1 saturated heterocycles. The molecule has 2 aliphatic rings. The van der Waals surface area contributed by atoms with Gasteiger partial charge in [0.25, 0.3) is 5.56 Å². The van der Waals surface area contributed by atoms with E-state index in [0.29, 0.717) is 25.5 Å². The summed E-state index contributed by atoms with van der Waals surface area (Å²) in [5.74, 6) is 0.771. The highest BCUT2D eigenvalue weighted by atomic mass is 19.4. The molecule has 0 amide bonds. The first kappa shape index (κ1) is 16.1. The summed E-state index contributed by atoms with van der Waals surface area (Å²) in [5, 5.41) is 4.46. The van der Waals surface area contributed by atoms with Crippen LogP contribution in [0.3, 0.4) is 0 Å². The minimum atomic E-state index is -4.37. The quantitative estimate of drug-likeness (QED) is 0.852. The summed E-state index contributed by atoms with van der Waals surface area (Å²) in [5.41, 5.74) is 1.25. The Morgan fingerprint density at radius 1 is 1.20 bits per heavy atom. The van der Waals surface area contributed by atoms with Crippen molar-refractivity contribution in [3.63, 3.8) is 0 Å². The van der Waals surface area contributed by atoms with Gasteiger partial charge in [-0.3, -0.25) is 4.79 Å². The van der Waals surface area contributed by atoms with Gasteiger partial charge in [-0.15, -0.1) is 0 Å². The molecule has 1 aliphatic carbocycles. The van der Waals surface area contributed by atoms with Crippen LogP contribution in [0.4, 0.5) is 19.0 Å². The number of nitrogens with zero attached hydrogens (tertiary/aromatic N) is 4. The largest absolute Gasteiger partial charge is 0.417 e. The van der Waals surface area contributed by atoms with Gasteiger partial charge in [-0.25, -0.2) is 9.67 Å². The molecule has 0 unspecified atom stereocenters. The van der Waals surface area contributed by atoms with E-state index in [2.05, 4.69) is 10.1 Å². The molecule has 0 atom stereocenters. The molecule has 132 valence electrons. The number of rotatable bonds is 3. The van der Waals surface area contributed by atoms with E-state index in [1.54, 1.807) is 6.07 Å². The van der Waals surface area contributed by atoms with Gasteiger partial charge in [0.05, 0.1) is 17.8 Å². The predicted octanol–water partition coefficient (Wildman–Crippen LogP) is 2.28. The maximum atomic E-state index is 12.6. The molecule has 1 aliphatic heterocycles. The topological polar surface area (TPSA) is 51.0 Å². The maximum Gasteiger partial charge on any atom is 0.417 e. The van der Waals surface area contributed by atoms with Gasteiger partial charge >= 0.3 is 6.18 Å². The Morgan fingerprint density at radius 2 is 2.00 bits per heavy atom. The zero-order valence-electron chi connectivity index (χ0n) is 13.5. The zero-order chi connectivity index (χ0) is 17.6. The van der Waals surface area contributed by atoms with E-state index in [4.69, 9.17) is 0 Å². The van der Waals surface area contributed by atoms with Gasteiger partial charge in [0.1, 0.15) is 5.82 Å². The van der Waals surface area contributed by atoms with E-state index in [1.165, 1.54) is 10.7 Å². The van der Waals surface area contributed by atoms with Crippen LogP contribution in [-0.4, -0.2) is 27.9 Å². The van der Waals surface area contributed by atoms with Crippen molar-refractivity contribution < 1.29 is 13.2 Å². The van der Waals surface area contributed by atoms with E-state index in [-0.39, 0.29) is 11.5 Å². The van der Waals surface area contributed by atoms with Crippen molar-refractivity contribution in [3.8, 4) is 0 Å². The molecule has 0 saturated carbocycles. The first-order chi connectivity index (χ1) is 11.9. The number of alkyl halides is 3. The van der Waals surface area contributed by atoms with Crippen molar-refractivity contribution in [3.05, 3.63) is 51.6 Å². The molecule has 25 heavy (non-hydrogen) atoms. The minimum absolute atomic E-state index is 0.0771. The molecule has 5 nitrogen and oxygen atoms in total. The van der Waals surface area contributed by atoms with Crippen LogP contribution in [0.1, 0.15) is 23.2 Å². The third-order valence-corrected chi connectivity index (χ3v) is 4.81. The first-order valence-corrected chi connectivity index (χ1v) is 8.28. The van der Waals surface area contributed by atoms with Gasteiger partial charge in [0.2, 0.25) is 0 Å². The third-order valence-electron chi connectivity index (χ3n) is 4.81. The number of halogens is 3. The predicted molar refractivity (Wildman–Crippen MR) is 85.5 cm³/mol. The lowest BCUT2D eigenvalue weighted by atomic mass is 10.00. The maximum absolute atomic E-state index is 12.6. The Hall–Kier alpha value is -2.38. The van der Waals surface area contributed by atoms with Crippen molar-refractivity contribution in [1.29, 1.82) is 0 Å². The van der Waals surface area contributed by atoms with Crippen LogP contribution in [0, 0.1) is 5.92 Å². The summed E-state index contributed by atoms with van der Waals surface area (Å²) in [4.78, 5) is 17.9. The van der Waals surface area contributed by atoms with E-state index in [9.17, 15) is 18.0 Å². The van der Waals surface area contributed by atoms with Crippen molar-refractivity contribution in [1.82, 2.24) is 14.8 Å². The molecule has 0 radical (unpaired) electrons. The highest BCUT2D eigenvalue weighted by Gasteiger charge is 2.32. The summed E-state index contributed by atoms with van der Waals surface area (Å²) in [6.07, 6.45) is -0.627. The highest BCUT2D eigenvalue weighted by molar-refractivity contribution is 5.42. The van der Waals surface area contributed by atoms with E-state index in [0.717, 1.165) is 42.8 Å². The van der Waals surface area contributed by atoms with Gasteiger partial charge in [-0.2, -0.15) is 18.3 Å². The standard InChI is InChI=1S/C17H17F3N4O/c18-17(19,20)13-4-5-15(21-7-13)23-8-11(9-23)10-24-16(25)6-12-2-1-3-14(12)22-24/h4-7,11H,1-3,8-10H2. The fourth-order valence-corrected chi connectivity index (χ4v) is 3.43. The molecule has 8 heteroatoms. The number of aryl methyl sites for hydroxylation is 2. The zero-order valence-corrected chi connectivity index (χ0v) is 13.5. The van der Waals surface area contributed by atoms with E-state index < -0.39 is 11.7 Å². The molecule has 2 aromatic heterocycles. The fourth-order valence-electron chi connectivity index (χ4n) is 3.43. The second-order valence-electron chi connectivity index (χ2n) is 6.66. The van der Waals surface area contributed by atoms with Gasteiger partial charge in [-0.05, 0) is 37.0 Å². The molecular weight excluding hydrogens is 333 g/mol. The molecule has 0 spiro atoms. The fraction of sp³-hybridized carbons (Fsp3) is 0.471. The minimum Gasteiger partial charge on any atom is -0.356 e. The van der Waals surface area contributed by atoms with Crippen LogP contribution in [0.5, 0.6) is 0 Å². The van der Waals surface area contributed by atoms with Crippen LogP contribution in [0.25, 0.3) is 0 Å². The summed E-state index contributed by atoms with van der Waals surface area (Å²) in [6, 6.07) is 4.12. The number of anilines is 1. The molecule has 0 N–H and O–H groups in total. The average Bonchev–Trinajstić information content (AvgIpc) is 2.96. The number of fused-ring (bicyclic) bond motifs is 1. The Morgan fingerprint density at radius 3 is 2.68 bits per heavy atom. The van der Waals surface area contributed by atoms with E-state index in [1.807, 2.05) is 4.90 Å². The van der Waals surface area contributed by atoms with Crippen molar-refractivity contribution in [2.24, 2.45) is 5.92 Å². The molecular formula is C17H17F3N4O. The van der Waals surface area contributed by atoms with Crippen molar-refractivity contribution in [2.75, 3.05) is 18.0 Å². The molecule has 1 fully saturated rings. The number of hydrogen-bond donors (Lipinski definition) is 0. The van der Waals surface area contributed by atoms with Gasteiger partial charge in [0.15, 0.2) is 0 Å². The first-order valence-electron chi connectivity index (χ1n) is 8.28. The number of pyridine rings is 1. The van der Waals surface area contributed by atoms with Crippen LogP contribution >= 0.6 is 0 Å². The van der Waals surface area contributed by atoms with Crippen molar-refractivity contribution in [2.45, 2.75) is 32.0 Å². The second-order valence-corrected chi connectivity index (χ2v) is 6.66. The molecule has 0 aromatic carbocycles. The van der Waals surface area contributed by atoms with Crippen LogP contribution in [-0.2, 0) is 25.6 Å². The normalized spacial score (nSPS) is 17.5. The van der Waals surface area contributed by atoms with Gasteiger partial charge in [-0.1, -0.05) is 0 Å². The lowest BCUT2D eigenvalue weighted by Gasteiger charge is -2.40. The Kier molecular flexibility index (Phi) is 3.77. The lowest BCUT2D eigenvalue weighted by Crippen LogP contribution is -2.50. The van der Waals surface area contributed by atoms with Crippen LogP contribution in [0.15, 0.2) is 29.2 Å². The lowest BCUT2D eigenvalue weighted by molar-refractivity contribution is -0.137. The molecule has 4 rings (SSSR count). The Bertz CT molecular complexity index is 838. The van der Waals surface area contributed by atoms with E-state index >= 15 is 0 Å². The number of hydrogen-bond acceptors (Lipinski definition) is 4. The van der Waals surface area contributed by atoms with Gasteiger partial charge < -0.3 is 4.90 Å². The summed E-state index contributed by atoms with van der Waals surface area (Å²) in [7, 11) is 0. The average molecular weight is 350 g/mol. The smallest absolute Gasteiger partial charge is 0.356 e. The second kappa shape index (κ2) is 5.86. The molecule has 2 aromatic rings. The van der Waals surface area contributed by atoms with Crippen molar-refractivity contribution >= 4 is 5.82 Å². The third kappa shape index (κ3) is 3.12. The van der Waals surface area contributed by atoms with Gasteiger partial charge in [0, 0.05) is 31.3 Å². The molecule has 3 heterocycles. The highest BCUT2D eigenvalue weighted by Crippen LogP contribution is 2.30.